The minimum absolute atomic E-state index is 0.500. The average Bonchev–Trinajstić information content (AvgIpc) is 2.25. The second-order valence-corrected chi connectivity index (χ2v) is 2.57. The van der Waals surface area contributed by atoms with Gasteiger partial charge >= 0.3 is 0 Å². The van der Waals surface area contributed by atoms with Crippen molar-refractivity contribution in [1.82, 2.24) is 0 Å². The molecule has 0 unspecified atom stereocenters. The molecule has 1 rings (SSSR count). The van der Waals surface area contributed by atoms with Crippen LogP contribution in [0, 0.1) is 0 Å². The van der Waals surface area contributed by atoms with Crippen molar-refractivity contribution < 1.29 is 13.5 Å². The van der Waals surface area contributed by atoms with Crippen LogP contribution in [0.3, 0.4) is 0 Å². The minimum atomic E-state index is 0.500. The van der Waals surface area contributed by atoms with Crippen LogP contribution in [0.4, 0.5) is 13.5 Å². The van der Waals surface area contributed by atoms with E-state index in [0.29, 0.717) is 13.1 Å². The van der Waals surface area contributed by atoms with Crippen LogP contribution in [0.5, 0.6) is 0 Å². The monoisotopic (exact) mass is 192 g/mol. The lowest BCUT2D eigenvalue weighted by Gasteiger charge is -2.01. The summed E-state index contributed by atoms with van der Waals surface area (Å²) in [5.41, 5.74) is 1.41. The van der Waals surface area contributed by atoms with Crippen LogP contribution < -0.4 is 0 Å². The van der Waals surface area contributed by atoms with E-state index in [1.165, 1.54) is 5.56 Å². The molecule has 76 valence electrons. The number of hydrogen-bond donors (Lipinski definition) is 0. The first-order valence-electron chi connectivity index (χ1n) is 3.87. The number of hydrogen-bond acceptors (Lipinski definition) is 0. The average molecular weight is 192 g/mol. The Kier molecular flexibility index (Phi) is 12.3. The maximum Gasteiger partial charge on any atom is 0.0785 e. The quantitative estimate of drug-likeness (QED) is 0.624. The van der Waals surface area contributed by atoms with E-state index in [0.717, 1.165) is 0 Å². The van der Waals surface area contributed by atoms with Crippen molar-refractivity contribution in [1.29, 1.82) is 0 Å². The van der Waals surface area contributed by atoms with E-state index in [2.05, 4.69) is 38.1 Å². The fourth-order valence-electron chi connectivity index (χ4n) is 0.838. The molecule has 1 aromatic rings. The third kappa shape index (κ3) is 7.37. The predicted molar refractivity (Wildman–Crippen MR) is 49.8 cm³/mol. The van der Waals surface area contributed by atoms with Gasteiger partial charge in [0, 0.05) is 9.15 Å². The van der Waals surface area contributed by atoms with Crippen LogP contribution in [0.2, 0.25) is 0 Å². The van der Waals surface area contributed by atoms with Gasteiger partial charge in [-0.3, -0.25) is 4.39 Å². The summed E-state index contributed by atoms with van der Waals surface area (Å²) in [6.07, 6.45) is 0. The highest BCUT2D eigenvalue weighted by atomic mass is 20.0. The van der Waals surface area contributed by atoms with Gasteiger partial charge in [-0.05, 0) is 11.5 Å². The van der Waals surface area contributed by atoms with Gasteiger partial charge < -0.3 is 0 Å². The lowest BCUT2D eigenvalue weighted by molar-refractivity contribution is 0.108. The SMILES string of the molecule is CC(C)c1ccccc1.CF.FF. The minimum Gasteiger partial charge on any atom is -0.255 e. The largest absolute Gasteiger partial charge is 0.255 e. The number of rotatable bonds is 1. The Morgan fingerprint density at radius 3 is 1.54 bits per heavy atom. The van der Waals surface area contributed by atoms with E-state index in [-0.39, 0.29) is 0 Å². The first kappa shape index (κ1) is 14.5. The zero-order chi connectivity index (χ0) is 10.7. The summed E-state index contributed by atoms with van der Waals surface area (Å²) in [7, 11) is 0.500. The van der Waals surface area contributed by atoms with E-state index >= 15 is 0 Å². The number of alkyl halides is 1. The molecule has 0 fully saturated rings. The fourth-order valence-corrected chi connectivity index (χ4v) is 0.838. The van der Waals surface area contributed by atoms with Crippen molar-refractivity contribution in [3.8, 4) is 0 Å². The summed E-state index contributed by atoms with van der Waals surface area (Å²) in [5, 5.41) is 0. The molecular weight excluding hydrogens is 177 g/mol. The third-order valence-electron chi connectivity index (χ3n) is 1.47. The van der Waals surface area contributed by atoms with Gasteiger partial charge in [0.2, 0.25) is 0 Å². The van der Waals surface area contributed by atoms with Gasteiger partial charge in [0.25, 0.3) is 0 Å². The van der Waals surface area contributed by atoms with Crippen LogP contribution in [0.1, 0.15) is 25.3 Å². The second-order valence-electron chi connectivity index (χ2n) is 2.57. The van der Waals surface area contributed by atoms with Crippen LogP contribution in [-0.2, 0) is 0 Å². The standard InChI is InChI=1S/C9H12.CH3F.F2/c1-8(2)9-6-4-3-5-7-9;2*1-2/h3-8H,1-2H3;1H3;. The van der Waals surface area contributed by atoms with E-state index < -0.39 is 0 Å². The van der Waals surface area contributed by atoms with Gasteiger partial charge in [-0.2, -0.15) is 0 Å². The highest BCUT2D eigenvalue weighted by molar-refractivity contribution is 5.17. The molecule has 13 heavy (non-hydrogen) atoms. The van der Waals surface area contributed by atoms with Gasteiger partial charge in [0.05, 0.1) is 7.18 Å². The molecular formula is C10H15F3. The van der Waals surface area contributed by atoms with Gasteiger partial charge in [-0.1, -0.05) is 44.2 Å². The lowest BCUT2D eigenvalue weighted by atomic mass is 10.0. The molecule has 0 saturated heterocycles. The molecule has 1 aromatic carbocycles. The Labute approximate surface area is 77.3 Å². The van der Waals surface area contributed by atoms with Gasteiger partial charge in [-0.25, -0.2) is 0 Å². The molecule has 0 atom stereocenters. The fraction of sp³-hybridized carbons (Fsp3) is 0.400. The van der Waals surface area contributed by atoms with Crippen molar-refractivity contribution in [2.24, 2.45) is 0 Å². The van der Waals surface area contributed by atoms with E-state index in [9.17, 15) is 4.39 Å². The molecule has 0 aliphatic rings. The van der Waals surface area contributed by atoms with Crippen molar-refractivity contribution in [3.63, 3.8) is 0 Å². The highest BCUT2D eigenvalue weighted by Crippen LogP contribution is 2.11. The molecule has 0 aliphatic carbocycles. The summed E-state index contributed by atoms with van der Waals surface area (Å²) < 4.78 is 25.5. The molecule has 0 heterocycles. The molecule has 0 aromatic heterocycles. The molecule has 0 spiro atoms. The molecule has 0 nitrogen and oxygen atoms in total. The maximum atomic E-state index is 9.50. The molecule has 0 N–H and O–H groups in total. The van der Waals surface area contributed by atoms with Crippen molar-refractivity contribution >= 4 is 0 Å². The summed E-state index contributed by atoms with van der Waals surface area (Å²) in [6.45, 7) is 4.41. The zero-order valence-electron chi connectivity index (χ0n) is 8.10. The highest BCUT2D eigenvalue weighted by Gasteiger charge is 1.93. The van der Waals surface area contributed by atoms with E-state index in [4.69, 9.17) is 9.15 Å². The van der Waals surface area contributed by atoms with E-state index in [1.807, 2.05) is 6.07 Å². The summed E-state index contributed by atoms with van der Waals surface area (Å²) in [4.78, 5) is 0. The number of benzene rings is 1. The van der Waals surface area contributed by atoms with Crippen LogP contribution in [0.15, 0.2) is 30.3 Å². The first-order valence-corrected chi connectivity index (χ1v) is 3.87. The predicted octanol–water partition coefficient (Wildman–Crippen LogP) is 4.24. The third-order valence-corrected chi connectivity index (χ3v) is 1.47. The smallest absolute Gasteiger partial charge is 0.0785 e. The van der Waals surface area contributed by atoms with E-state index in [1.54, 1.807) is 0 Å². The Bertz CT molecular complexity index is 173. The Morgan fingerprint density at radius 1 is 0.923 bits per heavy atom. The van der Waals surface area contributed by atoms with Crippen LogP contribution >= 0.6 is 0 Å². The molecule has 0 saturated carbocycles. The molecule has 0 bridgehead atoms. The Hall–Kier alpha value is -0.990. The van der Waals surface area contributed by atoms with Crippen LogP contribution in [0.25, 0.3) is 0 Å². The Balaban J connectivity index is 0. The number of halogens is 3. The topological polar surface area (TPSA) is 0 Å². The first-order chi connectivity index (χ1) is 6.30. The summed E-state index contributed by atoms with van der Waals surface area (Å²) >= 11 is 0. The molecule has 0 aliphatic heterocycles. The van der Waals surface area contributed by atoms with Gasteiger partial charge in [-0.15, -0.1) is 0 Å². The van der Waals surface area contributed by atoms with Crippen molar-refractivity contribution in [3.05, 3.63) is 35.9 Å². The summed E-state index contributed by atoms with van der Waals surface area (Å²) in [6, 6.07) is 10.5. The van der Waals surface area contributed by atoms with Crippen molar-refractivity contribution in [2.45, 2.75) is 19.8 Å². The normalized spacial score (nSPS) is 7.92. The van der Waals surface area contributed by atoms with Gasteiger partial charge in [0.1, 0.15) is 0 Å². The lowest BCUT2D eigenvalue weighted by Crippen LogP contribution is -1.83. The van der Waals surface area contributed by atoms with Crippen LogP contribution in [-0.4, -0.2) is 7.18 Å². The maximum absolute atomic E-state index is 9.50. The Morgan fingerprint density at radius 2 is 1.31 bits per heavy atom. The van der Waals surface area contributed by atoms with Crippen molar-refractivity contribution in [2.75, 3.05) is 7.18 Å². The zero-order valence-corrected chi connectivity index (χ0v) is 8.10. The second kappa shape index (κ2) is 11.0. The molecule has 0 amide bonds. The van der Waals surface area contributed by atoms with Gasteiger partial charge in [0.15, 0.2) is 0 Å². The summed E-state index contributed by atoms with van der Waals surface area (Å²) in [5.74, 6) is 0.659. The molecule has 3 heteroatoms. The molecule has 0 radical (unpaired) electrons.